The van der Waals surface area contributed by atoms with Crippen LogP contribution in [0.25, 0.3) is 0 Å². The van der Waals surface area contributed by atoms with E-state index >= 15 is 0 Å². The van der Waals surface area contributed by atoms with E-state index in [1.165, 1.54) is 12.0 Å². The van der Waals surface area contributed by atoms with Crippen molar-refractivity contribution in [1.82, 2.24) is 4.90 Å². The van der Waals surface area contributed by atoms with Crippen molar-refractivity contribution in [3.63, 3.8) is 0 Å². The van der Waals surface area contributed by atoms with Crippen molar-refractivity contribution < 1.29 is 24.2 Å². The second kappa shape index (κ2) is 5.86. The standard InChI is InChI=1S/C11H19NO5/c1-7(10(13)16-3)6-9-8(2)17-5-4-12(9)11(14)15/h7-9H,4-6H2,1-3H3,(H,14,15). The molecule has 1 heterocycles. The Labute approximate surface area is 100 Å². The number of carbonyl (C=O) groups excluding carboxylic acids is 1. The molecule has 0 aromatic carbocycles. The van der Waals surface area contributed by atoms with E-state index < -0.39 is 6.09 Å². The summed E-state index contributed by atoms with van der Waals surface area (Å²) in [7, 11) is 1.33. The number of methoxy groups -OCH3 is 1. The molecule has 1 fully saturated rings. The summed E-state index contributed by atoms with van der Waals surface area (Å²) in [5.74, 6) is -0.663. The fourth-order valence-electron chi connectivity index (χ4n) is 2.08. The van der Waals surface area contributed by atoms with Crippen LogP contribution in [0.4, 0.5) is 4.79 Å². The van der Waals surface area contributed by atoms with Crippen molar-refractivity contribution in [3.8, 4) is 0 Å². The van der Waals surface area contributed by atoms with Crippen LogP contribution in [0.3, 0.4) is 0 Å². The molecule has 6 heteroatoms. The van der Waals surface area contributed by atoms with Gasteiger partial charge in [0.25, 0.3) is 0 Å². The summed E-state index contributed by atoms with van der Waals surface area (Å²) in [6.45, 7) is 4.30. The summed E-state index contributed by atoms with van der Waals surface area (Å²) >= 11 is 0. The zero-order valence-electron chi connectivity index (χ0n) is 10.4. The second-order valence-corrected chi connectivity index (χ2v) is 4.28. The van der Waals surface area contributed by atoms with Gasteiger partial charge in [-0.15, -0.1) is 0 Å². The first-order valence-corrected chi connectivity index (χ1v) is 5.66. The van der Waals surface area contributed by atoms with E-state index in [-0.39, 0.29) is 24.0 Å². The molecular formula is C11H19NO5. The maximum absolute atomic E-state index is 11.3. The number of hydrogen-bond acceptors (Lipinski definition) is 4. The maximum atomic E-state index is 11.3. The Morgan fingerprint density at radius 2 is 2.24 bits per heavy atom. The molecule has 6 nitrogen and oxygen atoms in total. The Balaban J connectivity index is 2.69. The molecule has 1 aliphatic heterocycles. The summed E-state index contributed by atoms with van der Waals surface area (Å²) in [4.78, 5) is 23.8. The Morgan fingerprint density at radius 1 is 1.59 bits per heavy atom. The molecule has 3 unspecified atom stereocenters. The Morgan fingerprint density at radius 3 is 2.76 bits per heavy atom. The predicted octanol–water partition coefficient (Wildman–Crippen LogP) is 0.953. The third kappa shape index (κ3) is 3.33. The molecule has 0 radical (unpaired) electrons. The van der Waals surface area contributed by atoms with Crippen molar-refractivity contribution in [3.05, 3.63) is 0 Å². The van der Waals surface area contributed by atoms with Crippen molar-refractivity contribution in [1.29, 1.82) is 0 Å². The number of ether oxygens (including phenoxy) is 2. The summed E-state index contributed by atoms with van der Waals surface area (Å²) in [6.07, 6.45) is -0.755. The lowest BCUT2D eigenvalue weighted by Crippen LogP contribution is -2.53. The SMILES string of the molecule is COC(=O)C(C)CC1C(C)OCCN1C(=O)O. The summed E-state index contributed by atoms with van der Waals surface area (Å²) in [6, 6.07) is -0.296. The molecule has 0 saturated carbocycles. The Bertz CT molecular complexity index is 294. The number of amides is 1. The Hall–Kier alpha value is -1.30. The highest BCUT2D eigenvalue weighted by Gasteiger charge is 2.35. The predicted molar refractivity (Wildman–Crippen MR) is 59.7 cm³/mol. The third-order valence-electron chi connectivity index (χ3n) is 3.10. The highest BCUT2D eigenvalue weighted by molar-refractivity contribution is 5.72. The normalized spacial score (nSPS) is 26.4. The molecule has 1 rings (SSSR count). The maximum Gasteiger partial charge on any atom is 0.407 e. The Kier molecular flexibility index (Phi) is 4.74. The largest absolute Gasteiger partial charge is 0.469 e. The zero-order chi connectivity index (χ0) is 13.0. The summed E-state index contributed by atoms with van der Waals surface area (Å²) in [5, 5.41) is 9.09. The zero-order valence-corrected chi connectivity index (χ0v) is 10.4. The highest BCUT2D eigenvalue weighted by atomic mass is 16.5. The summed E-state index contributed by atoms with van der Waals surface area (Å²) in [5.41, 5.74) is 0. The molecule has 17 heavy (non-hydrogen) atoms. The lowest BCUT2D eigenvalue weighted by Gasteiger charge is -2.39. The fourth-order valence-corrected chi connectivity index (χ4v) is 2.08. The van der Waals surface area contributed by atoms with Crippen LogP contribution in [0.5, 0.6) is 0 Å². The van der Waals surface area contributed by atoms with Crippen LogP contribution in [0.2, 0.25) is 0 Å². The molecule has 0 aliphatic carbocycles. The molecule has 1 N–H and O–H groups in total. The van der Waals surface area contributed by atoms with Crippen molar-refractivity contribution in [2.75, 3.05) is 20.3 Å². The first kappa shape index (κ1) is 13.8. The number of esters is 1. The third-order valence-corrected chi connectivity index (χ3v) is 3.10. The lowest BCUT2D eigenvalue weighted by atomic mass is 9.96. The number of nitrogens with zero attached hydrogens (tertiary/aromatic N) is 1. The van der Waals surface area contributed by atoms with Gasteiger partial charge in [0.15, 0.2) is 0 Å². The molecule has 98 valence electrons. The minimum absolute atomic E-state index is 0.202. The van der Waals surface area contributed by atoms with Crippen molar-refractivity contribution in [2.24, 2.45) is 5.92 Å². The van der Waals surface area contributed by atoms with E-state index in [1.807, 2.05) is 6.92 Å². The topological polar surface area (TPSA) is 76.1 Å². The van der Waals surface area contributed by atoms with E-state index in [4.69, 9.17) is 9.84 Å². The van der Waals surface area contributed by atoms with E-state index in [9.17, 15) is 9.59 Å². The van der Waals surface area contributed by atoms with Gasteiger partial charge < -0.3 is 19.5 Å². The van der Waals surface area contributed by atoms with E-state index in [0.29, 0.717) is 19.6 Å². The van der Waals surface area contributed by atoms with Crippen LogP contribution in [0.15, 0.2) is 0 Å². The van der Waals surface area contributed by atoms with Gasteiger partial charge in [0.1, 0.15) is 0 Å². The van der Waals surface area contributed by atoms with Gasteiger partial charge in [-0.2, -0.15) is 0 Å². The second-order valence-electron chi connectivity index (χ2n) is 4.28. The highest BCUT2D eigenvalue weighted by Crippen LogP contribution is 2.21. The molecule has 1 saturated heterocycles. The van der Waals surface area contributed by atoms with E-state index in [0.717, 1.165) is 0 Å². The smallest absolute Gasteiger partial charge is 0.407 e. The number of carbonyl (C=O) groups is 2. The first-order chi connectivity index (χ1) is 7.97. The molecular weight excluding hydrogens is 226 g/mol. The van der Waals surface area contributed by atoms with Gasteiger partial charge in [0, 0.05) is 6.54 Å². The van der Waals surface area contributed by atoms with Gasteiger partial charge in [-0.1, -0.05) is 6.92 Å². The van der Waals surface area contributed by atoms with Crippen LogP contribution < -0.4 is 0 Å². The number of rotatable bonds is 3. The van der Waals surface area contributed by atoms with Crippen LogP contribution in [0, 0.1) is 5.92 Å². The number of carboxylic acid groups (broad SMARTS) is 1. The van der Waals surface area contributed by atoms with Crippen LogP contribution in [-0.2, 0) is 14.3 Å². The van der Waals surface area contributed by atoms with Crippen LogP contribution in [0.1, 0.15) is 20.3 Å². The molecule has 3 atom stereocenters. The molecule has 0 bridgehead atoms. The van der Waals surface area contributed by atoms with Gasteiger partial charge >= 0.3 is 12.1 Å². The first-order valence-electron chi connectivity index (χ1n) is 5.66. The minimum atomic E-state index is -0.970. The molecule has 1 aliphatic rings. The molecule has 1 amide bonds. The monoisotopic (exact) mass is 245 g/mol. The number of hydrogen-bond donors (Lipinski definition) is 1. The molecule has 0 aromatic heterocycles. The van der Waals surface area contributed by atoms with Crippen molar-refractivity contribution >= 4 is 12.1 Å². The minimum Gasteiger partial charge on any atom is -0.469 e. The fraction of sp³-hybridized carbons (Fsp3) is 0.818. The van der Waals surface area contributed by atoms with E-state index in [1.54, 1.807) is 6.92 Å². The number of morpholine rings is 1. The lowest BCUT2D eigenvalue weighted by molar-refractivity contribution is -0.146. The average Bonchev–Trinajstić information content (AvgIpc) is 2.30. The molecule has 0 spiro atoms. The summed E-state index contributed by atoms with van der Waals surface area (Å²) < 4.78 is 10.1. The molecule has 0 aromatic rings. The van der Waals surface area contributed by atoms with Crippen LogP contribution in [-0.4, -0.2) is 54.5 Å². The average molecular weight is 245 g/mol. The van der Waals surface area contributed by atoms with Gasteiger partial charge in [-0.25, -0.2) is 4.79 Å². The van der Waals surface area contributed by atoms with Gasteiger partial charge in [-0.3, -0.25) is 4.79 Å². The van der Waals surface area contributed by atoms with Crippen molar-refractivity contribution in [2.45, 2.75) is 32.4 Å². The van der Waals surface area contributed by atoms with Crippen LogP contribution >= 0.6 is 0 Å². The van der Waals surface area contributed by atoms with Gasteiger partial charge in [0.2, 0.25) is 0 Å². The van der Waals surface area contributed by atoms with Gasteiger partial charge in [-0.05, 0) is 13.3 Å². The van der Waals surface area contributed by atoms with E-state index in [2.05, 4.69) is 4.74 Å². The quantitative estimate of drug-likeness (QED) is 0.749. The van der Waals surface area contributed by atoms with Gasteiger partial charge in [0.05, 0.1) is 31.8 Å².